The molecule has 0 amide bonds. The molecule has 3 aromatic carbocycles. The second kappa shape index (κ2) is 6.03. The Morgan fingerprint density at radius 2 is 0.969 bits per heavy atom. The van der Waals surface area contributed by atoms with E-state index in [9.17, 15) is 0 Å². The summed E-state index contributed by atoms with van der Waals surface area (Å²) in [5.74, 6) is 4.94. The Labute approximate surface area is 185 Å². The van der Waals surface area contributed by atoms with Gasteiger partial charge in [-0.3, -0.25) is 0 Å². The Morgan fingerprint density at radius 3 is 1.44 bits per heavy atom. The minimum absolute atomic E-state index is 0.267. The molecule has 0 saturated heterocycles. The number of fused-ring (bicyclic) bond motifs is 4. The highest BCUT2D eigenvalue weighted by Gasteiger charge is 2.42. The summed E-state index contributed by atoms with van der Waals surface area (Å²) in [6.07, 6.45) is 1.53. The number of hydrogen-bond acceptors (Lipinski definition) is 6. The summed E-state index contributed by atoms with van der Waals surface area (Å²) in [5.41, 5.74) is 3.53. The van der Waals surface area contributed by atoms with Crippen molar-refractivity contribution in [3.05, 3.63) is 70.8 Å². The molecule has 0 radical (unpaired) electrons. The van der Waals surface area contributed by atoms with E-state index < -0.39 is 11.2 Å². The average molecular weight is 430 g/mol. The largest absolute Gasteiger partial charge is 0.482 e. The fourth-order valence-corrected chi connectivity index (χ4v) is 5.17. The highest BCUT2D eigenvalue weighted by molar-refractivity contribution is 5.56. The van der Waals surface area contributed by atoms with Gasteiger partial charge in [-0.2, -0.15) is 0 Å². The lowest BCUT2D eigenvalue weighted by Gasteiger charge is -2.25. The van der Waals surface area contributed by atoms with Gasteiger partial charge in [-0.15, -0.1) is 0 Å². The van der Waals surface area contributed by atoms with Gasteiger partial charge in [0.25, 0.3) is 0 Å². The first-order valence-electron chi connectivity index (χ1n) is 10.8. The first-order chi connectivity index (χ1) is 15.5. The Balaban J connectivity index is 1.18. The first-order valence-corrected chi connectivity index (χ1v) is 10.8. The van der Waals surface area contributed by atoms with Gasteiger partial charge in [0.2, 0.25) is 13.6 Å². The van der Waals surface area contributed by atoms with E-state index in [1.807, 2.05) is 24.3 Å². The summed E-state index contributed by atoms with van der Waals surface area (Å²) in [6.45, 7) is 4.77. The third-order valence-electron chi connectivity index (χ3n) is 6.94. The number of benzene rings is 3. The lowest BCUT2D eigenvalue weighted by Crippen LogP contribution is -2.27. The lowest BCUT2D eigenvalue weighted by atomic mass is 9.89. The summed E-state index contributed by atoms with van der Waals surface area (Å²) in [6, 6.07) is 16.3. The highest BCUT2D eigenvalue weighted by Crippen LogP contribution is 2.50. The van der Waals surface area contributed by atoms with Crippen LogP contribution in [-0.2, 0) is 24.0 Å². The van der Waals surface area contributed by atoms with Gasteiger partial charge in [0.1, 0.15) is 22.7 Å². The van der Waals surface area contributed by atoms with Gasteiger partial charge in [-0.05, 0) is 61.4 Å². The van der Waals surface area contributed by atoms with Gasteiger partial charge in [-0.1, -0.05) is 12.1 Å². The molecule has 0 bridgehead atoms. The summed E-state index contributed by atoms with van der Waals surface area (Å²) in [7, 11) is 0. The van der Waals surface area contributed by atoms with Crippen molar-refractivity contribution in [3.8, 4) is 34.5 Å². The van der Waals surface area contributed by atoms with E-state index in [-0.39, 0.29) is 13.6 Å². The van der Waals surface area contributed by atoms with Gasteiger partial charge < -0.3 is 28.4 Å². The Kier molecular flexibility index (Phi) is 3.41. The van der Waals surface area contributed by atoms with E-state index in [0.717, 1.165) is 69.6 Å². The van der Waals surface area contributed by atoms with Crippen LogP contribution in [-0.4, -0.2) is 13.6 Å². The molecule has 0 spiro atoms. The van der Waals surface area contributed by atoms with Crippen LogP contribution in [0.25, 0.3) is 0 Å². The molecule has 162 valence electrons. The summed E-state index contributed by atoms with van der Waals surface area (Å²) >= 11 is 0. The van der Waals surface area contributed by atoms with Crippen LogP contribution in [0, 0.1) is 0 Å². The molecule has 3 aromatic rings. The van der Waals surface area contributed by atoms with E-state index in [2.05, 4.69) is 38.1 Å². The molecule has 0 aromatic heterocycles. The first kappa shape index (κ1) is 18.1. The normalized spacial score (nSPS) is 25.8. The Bertz CT molecular complexity index is 1150. The zero-order valence-electron chi connectivity index (χ0n) is 17.9. The quantitative estimate of drug-likeness (QED) is 0.580. The van der Waals surface area contributed by atoms with Crippen molar-refractivity contribution in [1.29, 1.82) is 0 Å². The van der Waals surface area contributed by atoms with Gasteiger partial charge in [-0.25, -0.2) is 0 Å². The second-order valence-corrected chi connectivity index (χ2v) is 9.22. The molecule has 2 atom stereocenters. The van der Waals surface area contributed by atoms with Gasteiger partial charge in [0, 0.05) is 24.0 Å². The van der Waals surface area contributed by atoms with Crippen molar-refractivity contribution in [2.45, 2.75) is 37.9 Å². The second-order valence-electron chi connectivity index (χ2n) is 9.22. The maximum Gasteiger partial charge on any atom is 0.231 e. The fraction of sp³-hybridized carbons (Fsp3) is 0.308. The van der Waals surface area contributed by atoms with Crippen molar-refractivity contribution in [1.82, 2.24) is 0 Å². The fourth-order valence-electron chi connectivity index (χ4n) is 5.17. The monoisotopic (exact) mass is 430 g/mol. The zero-order valence-corrected chi connectivity index (χ0v) is 17.9. The molecule has 0 aliphatic carbocycles. The van der Waals surface area contributed by atoms with Crippen molar-refractivity contribution < 1.29 is 28.4 Å². The predicted octanol–water partition coefficient (Wildman–Crippen LogP) is 4.84. The molecule has 4 heterocycles. The van der Waals surface area contributed by atoms with Gasteiger partial charge >= 0.3 is 0 Å². The molecular weight excluding hydrogens is 408 g/mol. The SMILES string of the molecule is C[C@@]1(c2ccc3c(c2)OCO3)Cc2cc3c(cc2O1)C[C@@](C)(c1ccc2c(c1)OCO2)O3. The molecule has 32 heavy (non-hydrogen) atoms. The molecular formula is C26H22O6. The minimum atomic E-state index is -0.459. The summed E-state index contributed by atoms with van der Waals surface area (Å²) in [4.78, 5) is 0. The van der Waals surface area contributed by atoms with Crippen molar-refractivity contribution in [2.24, 2.45) is 0 Å². The van der Waals surface area contributed by atoms with E-state index in [1.165, 1.54) is 0 Å². The van der Waals surface area contributed by atoms with Crippen LogP contribution in [0.15, 0.2) is 48.5 Å². The van der Waals surface area contributed by atoms with E-state index in [1.54, 1.807) is 0 Å². The molecule has 6 nitrogen and oxygen atoms in total. The summed E-state index contributed by atoms with van der Waals surface area (Å²) < 4.78 is 35.1. The van der Waals surface area contributed by atoms with Crippen LogP contribution in [0.4, 0.5) is 0 Å². The van der Waals surface area contributed by atoms with Crippen LogP contribution in [0.5, 0.6) is 34.5 Å². The summed E-state index contributed by atoms with van der Waals surface area (Å²) in [5, 5.41) is 0. The highest BCUT2D eigenvalue weighted by atomic mass is 16.7. The Morgan fingerprint density at radius 1 is 0.531 bits per heavy atom. The van der Waals surface area contributed by atoms with Crippen LogP contribution in [0.1, 0.15) is 36.1 Å². The van der Waals surface area contributed by atoms with Crippen LogP contribution < -0.4 is 28.4 Å². The standard InChI is InChI=1S/C26H22O6/c1-25(17-3-5-19-23(9-17)29-13-27-19)11-15-7-22-16(8-21(15)31-25)12-26(2,32-22)18-4-6-20-24(10-18)30-14-28-20/h3-10H,11-14H2,1-2H3/t25-,26-/m0/s1. The van der Waals surface area contributed by atoms with Crippen molar-refractivity contribution >= 4 is 0 Å². The number of hydrogen-bond donors (Lipinski definition) is 0. The third kappa shape index (κ3) is 2.52. The molecule has 4 aliphatic rings. The molecule has 4 aliphatic heterocycles. The van der Waals surface area contributed by atoms with Crippen LogP contribution >= 0.6 is 0 Å². The minimum Gasteiger partial charge on any atom is -0.482 e. The Hall–Kier alpha value is -3.54. The van der Waals surface area contributed by atoms with Gasteiger partial charge in [0.15, 0.2) is 23.0 Å². The van der Waals surface area contributed by atoms with Crippen molar-refractivity contribution in [2.75, 3.05) is 13.6 Å². The van der Waals surface area contributed by atoms with Gasteiger partial charge in [0.05, 0.1) is 0 Å². The molecule has 7 rings (SSSR count). The molecule has 0 fully saturated rings. The van der Waals surface area contributed by atoms with E-state index in [0.29, 0.717) is 0 Å². The topological polar surface area (TPSA) is 55.4 Å². The molecule has 0 N–H and O–H groups in total. The maximum atomic E-state index is 6.51. The van der Waals surface area contributed by atoms with Crippen molar-refractivity contribution in [3.63, 3.8) is 0 Å². The number of ether oxygens (including phenoxy) is 6. The number of rotatable bonds is 2. The third-order valence-corrected chi connectivity index (χ3v) is 6.94. The van der Waals surface area contributed by atoms with E-state index in [4.69, 9.17) is 28.4 Å². The molecule has 0 unspecified atom stereocenters. The predicted molar refractivity (Wildman–Crippen MR) is 115 cm³/mol. The van der Waals surface area contributed by atoms with Crippen LogP contribution in [0.2, 0.25) is 0 Å². The van der Waals surface area contributed by atoms with Crippen LogP contribution in [0.3, 0.4) is 0 Å². The molecule has 6 heteroatoms. The zero-order chi connectivity index (χ0) is 21.5. The lowest BCUT2D eigenvalue weighted by molar-refractivity contribution is 0.113. The average Bonchev–Trinajstić information content (AvgIpc) is 3.54. The maximum absolute atomic E-state index is 6.51. The smallest absolute Gasteiger partial charge is 0.231 e. The van der Waals surface area contributed by atoms with E-state index >= 15 is 0 Å². The molecule has 0 saturated carbocycles.